The Bertz CT molecular complexity index is 376. The highest BCUT2D eigenvalue weighted by molar-refractivity contribution is 5.60. The Morgan fingerprint density at radius 3 is 2.31 bits per heavy atom. The predicted molar refractivity (Wildman–Crippen MR) is 64.6 cm³/mol. The first kappa shape index (κ1) is 11.1. The highest BCUT2D eigenvalue weighted by Gasteiger charge is 2.18. The van der Waals surface area contributed by atoms with E-state index in [1.165, 1.54) is 5.56 Å². The minimum Gasteiger partial charge on any atom is -0.493 e. The van der Waals surface area contributed by atoms with Gasteiger partial charge in [-0.1, -0.05) is 0 Å². The normalized spacial score (nSPS) is 15.4. The van der Waals surface area contributed by atoms with E-state index in [0.29, 0.717) is 6.04 Å². The number of aryl methyl sites for hydroxylation is 1. The number of hydrogen-bond donors (Lipinski definition) is 2. The van der Waals surface area contributed by atoms with Gasteiger partial charge in [-0.25, -0.2) is 0 Å². The molecule has 0 atom stereocenters. The van der Waals surface area contributed by atoms with Crippen LogP contribution in [0.25, 0.3) is 0 Å². The van der Waals surface area contributed by atoms with Crippen molar-refractivity contribution >= 4 is 5.69 Å². The minimum atomic E-state index is 0.525. The lowest BCUT2D eigenvalue weighted by molar-refractivity contribution is 0.354. The highest BCUT2D eigenvalue weighted by Crippen LogP contribution is 2.33. The standard InChI is InChI=1S/C12H18N2O2/c1-8-4-11(15-2)12(16-3)5-10(8)14-9-6-13-7-9/h4-5,9,13-14H,6-7H2,1-3H3. The van der Waals surface area contributed by atoms with Gasteiger partial charge in [0, 0.05) is 24.8 Å². The van der Waals surface area contributed by atoms with E-state index >= 15 is 0 Å². The largest absolute Gasteiger partial charge is 0.493 e. The molecule has 2 rings (SSSR count). The average Bonchev–Trinajstić information content (AvgIpc) is 2.24. The molecular weight excluding hydrogens is 204 g/mol. The van der Waals surface area contributed by atoms with E-state index in [9.17, 15) is 0 Å². The van der Waals surface area contributed by atoms with Crippen LogP contribution in [0.2, 0.25) is 0 Å². The van der Waals surface area contributed by atoms with E-state index in [2.05, 4.69) is 17.6 Å². The summed E-state index contributed by atoms with van der Waals surface area (Å²) in [6.45, 7) is 4.11. The molecule has 1 aliphatic heterocycles. The quantitative estimate of drug-likeness (QED) is 0.808. The average molecular weight is 222 g/mol. The summed E-state index contributed by atoms with van der Waals surface area (Å²) < 4.78 is 10.5. The van der Waals surface area contributed by atoms with E-state index in [1.807, 2.05) is 12.1 Å². The zero-order valence-corrected chi connectivity index (χ0v) is 9.96. The van der Waals surface area contributed by atoms with E-state index in [0.717, 1.165) is 30.3 Å². The molecule has 0 amide bonds. The smallest absolute Gasteiger partial charge is 0.162 e. The number of benzene rings is 1. The Kier molecular flexibility index (Phi) is 3.19. The Morgan fingerprint density at radius 2 is 1.81 bits per heavy atom. The lowest BCUT2D eigenvalue weighted by Crippen LogP contribution is -2.51. The third kappa shape index (κ3) is 2.07. The van der Waals surface area contributed by atoms with E-state index in [-0.39, 0.29) is 0 Å². The van der Waals surface area contributed by atoms with E-state index in [4.69, 9.17) is 9.47 Å². The first-order valence-corrected chi connectivity index (χ1v) is 5.44. The van der Waals surface area contributed by atoms with Crippen LogP contribution in [0.5, 0.6) is 11.5 Å². The Hall–Kier alpha value is -1.42. The van der Waals surface area contributed by atoms with Crippen LogP contribution >= 0.6 is 0 Å². The second kappa shape index (κ2) is 4.61. The first-order chi connectivity index (χ1) is 7.74. The molecule has 0 unspecified atom stereocenters. The summed E-state index contributed by atoms with van der Waals surface area (Å²) in [5.41, 5.74) is 2.29. The molecule has 0 aromatic heterocycles. The summed E-state index contributed by atoms with van der Waals surface area (Å²) in [7, 11) is 3.31. The first-order valence-electron chi connectivity index (χ1n) is 5.44. The van der Waals surface area contributed by atoms with E-state index < -0.39 is 0 Å². The number of methoxy groups -OCH3 is 2. The monoisotopic (exact) mass is 222 g/mol. The number of nitrogens with one attached hydrogen (secondary N) is 2. The van der Waals surface area contributed by atoms with Crippen LogP contribution in [0.3, 0.4) is 0 Å². The van der Waals surface area contributed by atoms with Gasteiger partial charge in [0.05, 0.1) is 20.3 Å². The summed E-state index contributed by atoms with van der Waals surface area (Å²) in [5.74, 6) is 1.54. The molecule has 4 nitrogen and oxygen atoms in total. The predicted octanol–water partition coefficient (Wildman–Crippen LogP) is 1.40. The van der Waals surface area contributed by atoms with Crippen LogP contribution in [-0.4, -0.2) is 33.4 Å². The van der Waals surface area contributed by atoms with Gasteiger partial charge in [0.1, 0.15) is 0 Å². The van der Waals surface area contributed by atoms with Gasteiger partial charge >= 0.3 is 0 Å². The van der Waals surface area contributed by atoms with Crippen molar-refractivity contribution in [2.45, 2.75) is 13.0 Å². The number of ether oxygens (including phenoxy) is 2. The zero-order chi connectivity index (χ0) is 11.5. The topological polar surface area (TPSA) is 42.5 Å². The maximum absolute atomic E-state index is 5.28. The molecule has 1 aliphatic rings. The number of rotatable bonds is 4. The fraction of sp³-hybridized carbons (Fsp3) is 0.500. The van der Waals surface area contributed by atoms with Crippen LogP contribution in [0.1, 0.15) is 5.56 Å². The van der Waals surface area contributed by atoms with Crippen molar-refractivity contribution in [1.29, 1.82) is 0 Å². The molecule has 1 aromatic carbocycles. The maximum Gasteiger partial charge on any atom is 0.162 e. The minimum absolute atomic E-state index is 0.525. The number of anilines is 1. The molecule has 88 valence electrons. The number of hydrogen-bond acceptors (Lipinski definition) is 4. The fourth-order valence-corrected chi connectivity index (χ4v) is 1.75. The van der Waals surface area contributed by atoms with E-state index in [1.54, 1.807) is 14.2 Å². The van der Waals surface area contributed by atoms with Crippen LogP contribution in [-0.2, 0) is 0 Å². The molecule has 0 saturated carbocycles. The Morgan fingerprint density at radius 1 is 1.19 bits per heavy atom. The summed E-state index contributed by atoms with van der Waals surface area (Å²) in [5, 5.41) is 6.71. The summed E-state index contributed by atoms with van der Waals surface area (Å²) in [6, 6.07) is 4.51. The maximum atomic E-state index is 5.28. The summed E-state index contributed by atoms with van der Waals surface area (Å²) in [6.07, 6.45) is 0. The van der Waals surface area contributed by atoms with Crippen LogP contribution in [0.15, 0.2) is 12.1 Å². The molecule has 0 bridgehead atoms. The van der Waals surface area contributed by atoms with Gasteiger partial charge in [0.25, 0.3) is 0 Å². The molecule has 0 aliphatic carbocycles. The third-order valence-corrected chi connectivity index (χ3v) is 2.87. The van der Waals surface area contributed by atoms with Crippen molar-refractivity contribution in [3.8, 4) is 11.5 Å². The van der Waals surface area contributed by atoms with Crippen molar-refractivity contribution in [3.05, 3.63) is 17.7 Å². The van der Waals surface area contributed by atoms with Gasteiger partial charge in [-0.3, -0.25) is 0 Å². The van der Waals surface area contributed by atoms with Crippen LogP contribution < -0.4 is 20.1 Å². The summed E-state index contributed by atoms with van der Waals surface area (Å²) in [4.78, 5) is 0. The molecule has 0 radical (unpaired) electrons. The lowest BCUT2D eigenvalue weighted by Gasteiger charge is -2.30. The summed E-state index contributed by atoms with van der Waals surface area (Å²) >= 11 is 0. The van der Waals surface area contributed by atoms with Gasteiger partial charge in [0.15, 0.2) is 11.5 Å². The molecule has 2 N–H and O–H groups in total. The molecule has 4 heteroatoms. The van der Waals surface area contributed by atoms with Gasteiger partial charge in [-0.15, -0.1) is 0 Å². The zero-order valence-electron chi connectivity index (χ0n) is 9.96. The van der Waals surface area contributed by atoms with Crippen LogP contribution in [0.4, 0.5) is 5.69 Å². The van der Waals surface area contributed by atoms with Crippen molar-refractivity contribution < 1.29 is 9.47 Å². The Balaban J connectivity index is 2.22. The van der Waals surface area contributed by atoms with Gasteiger partial charge in [0.2, 0.25) is 0 Å². The highest BCUT2D eigenvalue weighted by atomic mass is 16.5. The van der Waals surface area contributed by atoms with Crippen molar-refractivity contribution in [1.82, 2.24) is 5.32 Å². The second-order valence-corrected chi connectivity index (χ2v) is 4.02. The molecule has 1 fully saturated rings. The molecule has 16 heavy (non-hydrogen) atoms. The Labute approximate surface area is 95.9 Å². The molecular formula is C12H18N2O2. The van der Waals surface area contributed by atoms with Gasteiger partial charge < -0.3 is 20.1 Å². The van der Waals surface area contributed by atoms with Crippen molar-refractivity contribution in [3.63, 3.8) is 0 Å². The molecule has 1 saturated heterocycles. The van der Waals surface area contributed by atoms with Crippen LogP contribution in [0, 0.1) is 6.92 Å². The van der Waals surface area contributed by atoms with Crippen molar-refractivity contribution in [2.24, 2.45) is 0 Å². The molecule has 0 spiro atoms. The fourth-order valence-electron chi connectivity index (χ4n) is 1.75. The van der Waals surface area contributed by atoms with Gasteiger partial charge in [-0.05, 0) is 18.6 Å². The molecule has 1 heterocycles. The van der Waals surface area contributed by atoms with Gasteiger partial charge in [-0.2, -0.15) is 0 Å². The second-order valence-electron chi connectivity index (χ2n) is 4.02. The lowest BCUT2D eigenvalue weighted by atomic mass is 10.1. The molecule has 1 aromatic rings. The SMILES string of the molecule is COc1cc(C)c(NC2CNC2)cc1OC. The van der Waals surface area contributed by atoms with Crippen molar-refractivity contribution in [2.75, 3.05) is 32.6 Å². The third-order valence-electron chi connectivity index (χ3n) is 2.87.